The van der Waals surface area contributed by atoms with Crippen LogP contribution in [0.25, 0.3) is 0 Å². The van der Waals surface area contributed by atoms with Crippen LogP contribution < -0.4 is 15.0 Å². The van der Waals surface area contributed by atoms with Crippen LogP contribution in [-0.2, 0) is 19.1 Å². The van der Waals surface area contributed by atoms with Gasteiger partial charge in [-0.05, 0) is 38.1 Å². The number of nitrogens with zero attached hydrogens (tertiary/aromatic N) is 2. The van der Waals surface area contributed by atoms with E-state index in [1.807, 2.05) is 0 Å². The molecule has 0 unspecified atom stereocenters. The molecule has 0 bridgehead atoms. The van der Waals surface area contributed by atoms with Crippen LogP contribution in [0, 0.1) is 6.92 Å². The fourth-order valence-electron chi connectivity index (χ4n) is 2.69. The zero-order chi connectivity index (χ0) is 19.6. The van der Waals surface area contributed by atoms with Gasteiger partial charge in [-0.25, -0.2) is 4.79 Å². The number of carbonyl (C=O) groups is 3. The Bertz CT molecular complexity index is 889. The number of amides is 2. The van der Waals surface area contributed by atoms with Gasteiger partial charge in [0.2, 0.25) is 5.91 Å². The maximum absolute atomic E-state index is 12.7. The molecule has 142 valence electrons. The first-order chi connectivity index (χ1) is 12.8. The number of esters is 1. The largest absolute Gasteiger partial charge is 0.463 e. The minimum absolute atomic E-state index is 0.151. The van der Waals surface area contributed by atoms with Gasteiger partial charge in [0.25, 0.3) is 11.8 Å². The number of fused-ring (bicyclic) bond motifs is 1. The Labute approximate surface area is 155 Å². The van der Waals surface area contributed by atoms with Crippen LogP contribution in [0.3, 0.4) is 0 Å². The van der Waals surface area contributed by atoms with Crippen LogP contribution in [0.4, 0.5) is 11.4 Å². The maximum atomic E-state index is 12.7. The standard InChI is InChI=1S/C18H19N3O6/c1-11-8-14(20-27-11)25-10-16(23)26-9-15(22)21-13-7-5-4-6-12(13)19-17(24)18(21,2)3/h4-8H,9-10H2,1-3H3,(H,19,24). The monoisotopic (exact) mass is 373 g/mol. The van der Waals surface area contributed by atoms with Crippen molar-refractivity contribution in [3.8, 4) is 5.88 Å². The molecule has 1 N–H and O–H groups in total. The normalized spacial score (nSPS) is 14.9. The third-order valence-corrected chi connectivity index (χ3v) is 4.06. The molecular formula is C18H19N3O6. The minimum atomic E-state index is -1.13. The molecule has 3 rings (SSSR count). The zero-order valence-corrected chi connectivity index (χ0v) is 15.1. The topological polar surface area (TPSA) is 111 Å². The fourth-order valence-corrected chi connectivity index (χ4v) is 2.69. The summed E-state index contributed by atoms with van der Waals surface area (Å²) in [6.07, 6.45) is 0. The van der Waals surface area contributed by atoms with Crippen molar-refractivity contribution < 1.29 is 28.4 Å². The van der Waals surface area contributed by atoms with Gasteiger partial charge in [-0.3, -0.25) is 14.5 Å². The van der Waals surface area contributed by atoms with Crippen LogP contribution in [-0.4, -0.2) is 41.7 Å². The van der Waals surface area contributed by atoms with E-state index in [0.29, 0.717) is 17.1 Å². The third-order valence-electron chi connectivity index (χ3n) is 4.06. The first kappa shape index (κ1) is 18.4. The number of aryl methyl sites for hydroxylation is 1. The molecule has 0 saturated heterocycles. The number of hydrogen-bond acceptors (Lipinski definition) is 7. The Morgan fingerprint density at radius 2 is 2.00 bits per heavy atom. The molecule has 9 heteroatoms. The predicted octanol–water partition coefficient (Wildman–Crippen LogP) is 1.67. The van der Waals surface area contributed by atoms with Crippen molar-refractivity contribution >= 4 is 29.2 Å². The number of nitrogens with one attached hydrogen (secondary N) is 1. The molecule has 27 heavy (non-hydrogen) atoms. The van der Waals surface area contributed by atoms with Crippen LogP contribution >= 0.6 is 0 Å². The minimum Gasteiger partial charge on any atom is -0.463 e. The predicted molar refractivity (Wildman–Crippen MR) is 94.3 cm³/mol. The van der Waals surface area contributed by atoms with Crippen LogP contribution in [0.1, 0.15) is 19.6 Å². The van der Waals surface area contributed by atoms with E-state index in [1.54, 1.807) is 45.0 Å². The van der Waals surface area contributed by atoms with Crippen molar-refractivity contribution in [3.63, 3.8) is 0 Å². The summed E-state index contributed by atoms with van der Waals surface area (Å²) in [4.78, 5) is 38.2. The van der Waals surface area contributed by atoms with Crippen LogP contribution in [0.5, 0.6) is 5.88 Å². The third kappa shape index (κ3) is 3.76. The Morgan fingerprint density at radius 1 is 1.26 bits per heavy atom. The molecule has 1 aromatic heterocycles. The molecule has 0 aliphatic carbocycles. The van der Waals surface area contributed by atoms with E-state index in [2.05, 4.69) is 10.5 Å². The van der Waals surface area contributed by atoms with Gasteiger partial charge in [0.15, 0.2) is 13.2 Å². The fraction of sp³-hybridized carbons (Fsp3) is 0.333. The van der Waals surface area contributed by atoms with E-state index in [1.165, 1.54) is 11.0 Å². The van der Waals surface area contributed by atoms with Crippen molar-refractivity contribution in [3.05, 3.63) is 36.1 Å². The molecule has 0 spiro atoms. The van der Waals surface area contributed by atoms with Crippen molar-refractivity contribution in [2.45, 2.75) is 26.3 Å². The molecule has 0 fully saturated rings. The summed E-state index contributed by atoms with van der Waals surface area (Å²) in [5, 5.41) is 6.35. The van der Waals surface area contributed by atoms with E-state index in [0.717, 1.165) is 0 Å². The van der Waals surface area contributed by atoms with Gasteiger partial charge < -0.3 is 19.3 Å². The van der Waals surface area contributed by atoms with E-state index in [9.17, 15) is 14.4 Å². The van der Waals surface area contributed by atoms with Crippen LogP contribution in [0.15, 0.2) is 34.9 Å². The smallest absolute Gasteiger partial charge is 0.344 e. The average Bonchev–Trinajstić information content (AvgIpc) is 3.04. The number of para-hydroxylation sites is 2. The second kappa shape index (κ2) is 7.10. The molecular weight excluding hydrogens is 354 g/mol. The Balaban J connectivity index is 1.64. The number of anilines is 2. The van der Waals surface area contributed by atoms with Gasteiger partial charge in [0.1, 0.15) is 11.3 Å². The second-order valence-corrected chi connectivity index (χ2v) is 6.48. The maximum Gasteiger partial charge on any atom is 0.344 e. The summed E-state index contributed by atoms with van der Waals surface area (Å²) in [6, 6.07) is 8.44. The van der Waals surface area contributed by atoms with Crippen molar-refractivity contribution in [1.82, 2.24) is 5.16 Å². The highest BCUT2D eigenvalue weighted by molar-refractivity contribution is 6.14. The highest BCUT2D eigenvalue weighted by atomic mass is 16.6. The van der Waals surface area contributed by atoms with Gasteiger partial charge in [-0.1, -0.05) is 12.1 Å². The molecule has 2 aromatic rings. The van der Waals surface area contributed by atoms with Crippen molar-refractivity contribution in [2.24, 2.45) is 0 Å². The summed E-state index contributed by atoms with van der Waals surface area (Å²) < 4.78 is 14.9. The average molecular weight is 373 g/mol. The molecule has 0 radical (unpaired) electrons. The highest BCUT2D eigenvalue weighted by Gasteiger charge is 2.43. The Morgan fingerprint density at radius 3 is 2.70 bits per heavy atom. The molecule has 0 saturated carbocycles. The van der Waals surface area contributed by atoms with E-state index in [4.69, 9.17) is 14.0 Å². The molecule has 1 aromatic carbocycles. The number of benzene rings is 1. The van der Waals surface area contributed by atoms with Gasteiger partial charge in [-0.15, -0.1) is 0 Å². The molecule has 2 amide bonds. The lowest BCUT2D eigenvalue weighted by molar-refractivity contribution is -0.150. The zero-order valence-electron chi connectivity index (χ0n) is 15.1. The molecule has 9 nitrogen and oxygen atoms in total. The highest BCUT2D eigenvalue weighted by Crippen LogP contribution is 2.36. The lowest BCUT2D eigenvalue weighted by Crippen LogP contribution is -2.59. The lowest BCUT2D eigenvalue weighted by Gasteiger charge is -2.41. The molecule has 1 aliphatic heterocycles. The summed E-state index contributed by atoms with van der Waals surface area (Å²) >= 11 is 0. The Hall–Kier alpha value is -3.36. The number of rotatable bonds is 5. The van der Waals surface area contributed by atoms with E-state index >= 15 is 0 Å². The summed E-state index contributed by atoms with van der Waals surface area (Å²) in [6.45, 7) is 3.98. The molecule has 2 heterocycles. The number of ether oxygens (including phenoxy) is 2. The SMILES string of the molecule is Cc1cc(OCC(=O)OCC(=O)N2c3ccccc3NC(=O)C2(C)C)no1. The van der Waals surface area contributed by atoms with E-state index in [-0.39, 0.29) is 11.8 Å². The van der Waals surface area contributed by atoms with Gasteiger partial charge in [0.05, 0.1) is 11.4 Å². The first-order valence-electron chi connectivity index (χ1n) is 8.24. The molecule has 1 aliphatic rings. The molecule has 0 atom stereocenters. The second-order valence-electron chi connectivity index (χ2n) is 6.48. The van der Waals surface area contributed by atoms with Crippen molar-refractivity contribution in [2.75, 3.05) is 23.4 Å². The lowest BCUT2D eigenvalue weighted by atomic mass is 9.96. The summed E-state index contributed by atoms with van der Waals surface area (Å²) in [5.74, 6) is -0.897. The van der Waals surface area contributed by atoms with Gasteiger partial charge >= 0.3 is 5.97 Å². The number of carbonyl (C=O) groups excluding carboxylic acids is 3. The van der Waals surface area contributed by atoms with E-state index < -0.39 is 30.6 Å². The number of hydrogen-bond donors (Lipinski definition) is 1. The van der Waals surface area contributed by atoms with Crippen molar-refractivity contribution in [1.29, 1.82) is 0 Å². The first-order valence-corrected chi connectivity index (χ1v) is 8.24. The van der Waals surface area contributed by atoms with Gasteiger partial charge in [-0.2, -0.15) is 0 Å². The Kier molecular flexibility index (Phi) is 4.85. The number of aromatic nitrogens is 1. The van der Waals surface area contributed by atoms with Crippen LogP contribution in [0.2, 0.25) is 0 Å². The summed E-state index contributed by atoms with van der Waals surface area (Å²) in [7, 11) is 0. The summed E-state index contributed by atoms with van der Waals surface area (Å²) in [5.41, 5.74) is -0.0734. The van der Waals surface area contributed by atoms with Gasteiger partial charge in [0, 0.05) is 6.07 Å². The quantitative estimate of drug-likeness (QED) is 0.794.